The molecule has 5 rings (SSSR count). The van der Waals surface area contributed by atoms with Crippen LogP contribution in [0.2, 0.25) is 24.7 Å². The van der Waals surface area contributed by atoms with Crippen LogP contribution in [0.25, 0.3) is 0 Å². The molecule has 218 valence electrons. The van der Waals surface area contributed by atoms with Crippen LogP contribution in [-0.4, -0.2) is 62.8 Å². The number of ketones is 1. The molecule has 0 amide bonds. The molecule has 3 aromatic carbocycles. The van der Waals surface area contributed by atoms with Gasteiger partial charge in [0, 0.05) is 6.42 Å². The lowest BCUT2D eigenvalue weighted by Crippen LogP contribution is -2.61. The van der Waals surface area contributed by atoms with Gasteiger partial charge in [-0.2, -0.15) is 0 Å². The summed E-state index contributed by atoms with van der Waals surface area (Å²) in [7, 11) is -2.30. The van der Waals surface area contributed by atoms with Gasteiger partial charge in [-0.3, -0.25) is 4.79 Å². The number of esters is 3. The number of benzene rings is 3. The maximum absolute atomic E-state index is 13.4. The van der Waals surface area contributed by atoms with Crippen LogP contribution in [0.5, 0.6) is 0 Å². The molecule has 0 bridgehead atoms. The standard InChI is InChI=1S/C33H34O8Si/c1-42(2,3)33(20-19-26(33)34)29-28(41-32(37)24-17-11-6-12-18-24)27(40-31(36)23-15-9-5-10-16-23)25(39-29)21-38-30(35)22-13-7-4-8-14-22/h4-18,25,27-29H,19-21H2,1-3H3/t25-,27-,28-,29-,33?/m1/s1. The van der Waals surface area contributed by atoms with E-state index >= 15 is 0 Å². The minimum absolute atomic E-state index is 0.0440. The molecule has 1 unspecified atom stereocenters. The molecule has 0 spiro atoms. The van der Waals surface area contributed by atoms with E-state index in [9.17, 15) is 19.2 Å². The van der Waals surface area contributed by atoms with Gasteiger partial charge in [0.15, 0.2) is 12.2 Å². The summed E-state index contributed by atoms with van der Waals surface area (Å²) in [6.07, 6.45) is -3.15. The van der Waals surface area contributed by atoms with Gasteiger partial charge in [-0.25, -0.2) is 14.4 Å². The highest BCUT2D eigenvalue weighted by Crippen LogP contribution is 2.59. The van der Waals surface area contributed by atoms with E-state index in [1.165, 1.54) is 0 Å². The van der Waals surface area contributed by atoms with Crippen LogP contribution in [0.15, 0.2) is 91.0 Å². The Morgan fingerprint density at radius 3 is 1.60 bits per heavy atom. The molecular weight excluding hydrogens is 552 g/mol. The summed E-state index contributed by atoms with van der Waals surface area (Å²) in [5.74, 6) is -1.81. The molecule has 8 nitrogen and oxygen atoms in total. The van der Waals surface area contributed by atoms with Crippen LogP contribution < -0.4 is 0 Å². The van der Waals surface area contributed by atoms with Gasteiger partial charge in [-0.05, 0) is 42.8 Å². The summed E-state index contributed by atoms with van der Waals surface area (Å²) in [6.45, 7) is 5.97. The van der Waals surface area contributed by atoms with Gasteiger partial charge in [-0.1, -0.05) is 74.2 Å². The van der Waals surface area contributed by atoms with Gasteiger partial charge in [-0.15, -0.1) is 0 Å². The molecule has 1 saturated heterocycles. The highest BCUT2D eigenvalue weighted by molar-refractivity contribution is 6.83. The molecule has 2 aliphatic rings. The number of rotatable bonds is 9. The van der Waals surface area contributed by atoms with E-state index in [1.807, 2.05) is 0 Å². The average molecular weight is 587 g/mol. The van der Waals surface area contributed by atoms with Crippen LogP contribution in [0.3, 0.4) is 0 Å². The van der Waals surface area contributed by atoms with Crippen molar-refractivity contribution in [1.29, 1.82) is 0 Å². The normalized spacial score (nSPS) is 25.3. The first-order chi connectivity index (χ1) is 20.1. The predicted molar refractivity (Wildman–Crippen MR) is 157 cm³/mol. The molecule has 1 heterocycles. The maximum atomic E-state index is 13.4. The van der Waals surface area contributed by atoms with Crippen molar-refractivity contribution in [2.75, 3.05) is 6.61 Å². The predicted octanol–water partition coefficient (Wildman–Crippen LogP) is 5.50. The molecule has 1 aliphatic heterocycles. The summed E-state index contributed by atoms with van der Waals surface area (Å²) < 4.78 is 24.3. The summed E-state index contributed by atoms with van der Waals surface area (Å²) in [6, 6.07) is 25.4. The Morgan fingerprint density at radius 2 is 1.19 bits per heavy atom. The lowest BCUT2D eigenvalue weighted by molar-refractivity contribution is -0.139. The van der Waals surface area contributed by atoms with E-state index < -0.39 is 55.4 Å². The Hall–Kier alpha value is -4.08. The van der Waals surface area contributed by atoms with E-state index in [1.54, 1.807) is 91.0 Å². The van der Waals surface area contributed by atoms with Gasteiger partial charge in [0.2, 0.25) is 0 Å². The number of ether oxygens (including phenoxy) is 4. The Balaban J connectivity index is 1.51. The largest absolute Gasteiger partial charge is 0.459 e. The minimum Gasteiger partial charge on any atom is -0.459 e. The summed E-state index contributed by atoms with van der Waals surface area (Å²) in [4.78, 5) is 53.0. The van der Waals surface area contributed by atoms with Crippen LogP contribution >= 0.6 is 0 Å². The quantitative estimate of drug-likeness (QED) is 0.184. The topological polar surface area (TPSA) is 105 Å². The second-order valence-electron chi connectivity index (χ2n) is 11.7. The Morgan fingerprint density at radius 1 is 0.738 bits per heavy atom. The van der Waals surface area contributed by atoms with Crippen LogP contribution in [0.4, 0.5) is 0 Å². The zero-order chi connectivity index (χ0) is 29.9. The second kappa shape index (κ2) is 12.0. The maximum Gasteiger partial charge on any atom is 0.338 e. The molecule has 42 heavy (non-hydrogen) atoms. The molecule has 0 radical (unpaired) electrons. The van der Waals surface area contributed by atoms with Gasteiger partial charge in [0.25, 0.3) is 0 Å². The third-order valence-electron chi connectivity index (χ3n) is 8.27. The van der Waals surface area contributed by atoms with Gasteiger partial charge in [0.05, 0.1) is 29.8 Å². The zero-order valence-corrected chi connectivity index (χ0v) is 24.9. The van der Waals surface area contributed by atoms with Gasteiger partial charge in [0.1, 0.15) is 24.6 Å². The fraction of sp³-hybridized carbons (Fsp3) is 0.333. The second-order valence-corrected chi connectivity index (χ2v) is 17.1. The highest BCUT2D eigenvalue weighted by atomic mass is 28.3. The van der Waals surface area contributed by atoms with Crippen LogP contribution in [-0.2, 0) is 23.7 Å². The third-order valence-corrected chi connectivity index (χ3v) is 11.8. The van der Waals surface area contributed by atoms with Gasteiger partial charge >= 0.3 is 17.9 Å². The van der Waals surface area contributed by atoms with Crippen molar-refractivity contribution in [3.8, 4) is 0 Å². The van der Waals surface area contributed by atoms with E-state index in [-0.39, 0.29) is 12.4 Å². The molecular formula is C33H34O8Si. The Kier molecular flexibility index (Phi) is 8.42. The zero-order valence-electron chi connectivity index (χ0n) is 23.9. The smallest absolute Gasteiger partial charge is 0.338 e. The minimum atomic E-state index is -2.30. The lowest BCUT2D eigenvalue weighted by atomic mass is 9.76. The van der Waals surface area contributed by atoms with Crippen molar-refractivity contribution in [3.63, 3.8) is 0 Å². The SMILES string of the molecule is C[Si](C)(C)C1([C@@H]2O[C@H](COC(=O)c3ccccc3)[C@@H](OC(=O)c3ccccc3)[C@H]2OC(=O)c2ccccc2)CCC1=O. The molecule has 1 aliphatic carbocycles. The van der Waals surface area contributed by atoms with E-state index in [0.29, 0.717) is 29.5 Å². The van der Waals surface area contributed by atoms with E-state index in [2.05, 4.69) is 19.6 Å². The molecule has 1 saturated carbocycles. The number of hydrogen-bond donors (Lipinski definition) is 0. The third kappa shape index (κ3) is 5.67. The number of carbonyl (C=O) groups excluding carboxylic acids is 4. The van der Waals surface area contributed by atoms with Gasteiger partial charge < -0.3 is 18.9 Å². The molecule has 9 heteroatoms. The number of Topliss-reactive ketones (excluding diaryl/α,β-unsaturated/α-hetero) is 1. The number of carbonyl (C=O) groups is 4. The molecule has 2 fully saturated rings. The molecule has 0 N–H and O–H groups in total. The fourth-order valence-corrected chi connectivity index (χ4v) is 8.82. The fourth-order valence-electron chi connectivity index (χ4n) is 5.89. The molecule has 5 atom stereocenters. The molecule has 0 aromatic heterocycles. The van der Waals surface area contributed by atoms with Crippen molar-refractivity contribution < 1.29 is 38.1 Å². The van der Waals surface area contributed by atoms with Crippen LogP contribution in [0.1, 0.15) is 43.9 Å². The van der Waals surface area contributed by atoms with Crippen LogP contribution in [0, 0.1) is 0 Å². The van der Waals surface area contributed by atoms with Crippen molar-refractivity contribution in [2.45, 2.75) is 61.9 Å². The average Bonchev–Trinajstić information content (AvgIpc) is 3.31. The first-order valence-electron chi connectivity index (χ1n) is 14.0. The van der Waals surface area contributed by atoms with Crippen molar-refractivity contribution in [3.05, 3.63) is 108 Å². The summed E-state index contributed by atoms with van der Waals surface area (Å²) >= 11 is 0. The van der Waals surface area contributed by atoms with E-state index in [0.717, 1.165) is 0 Å². The first-order valence-corrected chi connectivity index (χ1v) is 17.5. The highest BCUT2D eigenvalue weighted by Gasteiger charge is 2.67. The lowest BCUT2D eigenvalue weighted by Gasteiger charge is -2.53. The number of hydrogen-bond acceptors (Lipinski definition) is 8. The Labute approximate surface area is 245 Å². The summed E-state index contributed by atoms with van der Waals surface area (Å²) in [5.41, 5.74) is 0.962. The monoisotopic (exact) mass is 586 g/mol. The van der Waals surface area contributed by atoms with Crippen molar-refractivity contribution in [2.24, 2.45) is 0 Å². The Bertz CT molecular complexity index is 1440. The molecule has 3 aromatic rings. The van der Waals surface area contributed by atoms with Crippen molar-refractivity contribution in [1.82, 2.24) is 0 Å². The van der Waals surface area contributed by atoms with Crippen molar-refractivity contribution >= 4 is 31.8 Å². The van der Waals surface area contributed by atoms with E-state index in [4.69, 9.17) is 18.9 Å². The first kappa shape index (κ1) is 29.4. The summed E-state index contributed by atoms with van der Waals surface area (Å²) in [5, 5.41) is -0.871.